The fourth-order valence-corrected chi connectivity index (χ4v) is 4.22. The summed E-state index contributed by atoms with van der Waals surface area (Å²) in [6, 6.07) is 14.3. The molecule has 1 aromatic carbocycles. The Morgan fingerprint density at radius 1 is 1.10 bits per heavy atom. The Balaban J connectivity index is 1.63. The van der Waals surface area contributed by atoms with Crippen molar-refractivity contribution in [3.8, 4) is 0 Å². The van der Waals surface area contributed by atoms with E-state index in [1.54, 1.807) is 0 Å². The number of benzene rings is 1. The Labute approximate surface area is 184 Å². The van der Waals surface area contributed by atoms with E-state index < -0.39 is 0 Å². The predicted octanol–water partition coefficient (Wildman–Crippen LogP) is 6.43. The molecule has 3 heteroatoms. The van der Waals surface area contributed by atoms with Crippen LogP contribution < -0.4 is 4.90 Å². The van der Waals surface area contributed by atoms with E-state index in [0.29, 0.717) is 11.5 Å². The Bertz CT molecular complexity index is 769. The average molecular weight is 408 g/mol. The van der Waals surface area contributed by atoms with E-state index >= 15 is 0 Å². The molecule has 0 bridgehead atoms. The van der Waals surface area contributed by atoms with E-state index in [1.807, 2.05) is 6.20 Å². The Hall–Kier alpha value is -2.00. The number of rotatable bonds is 8. The zero-order chi connectivity index (χ0) is 21.6. The minimum atomic E-state index is 0.391. The van der Waals surface area contributed by atoms with Crippen molar-refractivity contribution in [3.63, 3.8) is 0 Å². The quantitative estimate of drug-likeness (QED) is 0.509. The molecule has 3 rings (SSSR count). The van der Waals surface area contributed by atoms with Gasteiger partial charge in [0.1, 0.15) is 0 Å². The standard InChI is InChI=1S/C27H41N3/c1-22(2)13-20-30(25-10-8-23(9-11-25)12-16-27(3,4)5)26-14-18-29(19-15-26)21-24-7-6-17-28-24/h6-11,13,17,26,28H,12,14-16,18-21H2,1-5H3. The lowest BCUT2D eigenvalue weighted by Gasteiger charge is -2.39. The largest absolute Gasteiger partial charge is 0.365 e. The summed E-state index contributed by atoms with van der Waals surface area (Å²) in [5.74, 6) is 0. The Morgan fingerprint density at radius 2 is 1.80 bits per heavy atom. The molecule has 1 N–H and O–H groups in total. The van der Waals surface area contributed by atoms with Crippen LogP contribution in [0.3, 0.4) is 0 Å². The zero-order valence-electron chi connectivity index (χ0n) is 19.7. The summed E-state index contributed by atoms with van der Waals surface area (Å²) in [7, 11) is 0. The van der Waals surface area contributed by atoms with Gasteiger partial charge in [0.05, 0.1) is 0 Å². The molecular weight excluding hydrogens is 366 g/mol. The molecule has 0 amide bonds. The highest BCUT2D eigenvalue weighted by Crippen LogP contribution is 2.27. The highest BCUT2D eigenvalue weighted by molar-refractivity contribution is 5.49. The SMILES string of the molecule is CC(C)=CCN(c1ccc(CCC(C)(C)C)cc1)C1CCN(Cc2ccc[nH]2)CC1. The van der Waals surface area contributed by atoms with Crippen LogP contribution in [0.4, 0.5) is 5.69 Å². The summed E-state index contributed by atoms with van der Waals surface area (Å²) < 4.78 is 0. The van der Waals surface area contributed by atoms with Crippen molar-refractivity contribution in [2.24, 2.45) is 5.41 Å². The van der Waals surface area contributed by atoms with Crippen LogP contribution in [0.5, 0.6) is 0 Å². The van der Waals surface area contributed by atoms with E-state index in [9.17, 15) is 0 Å². The van der Waals surface area contributed by atoms with Gasteiger partial charge in [-0.3, -0.25) is 4.90 Å². The molecule has 2 heterocycles. The van der Waals surface area contributed by atoms with Crippen molar-refractivity contribution in [1.29, 1.82) is 0 Å². The second kappa shape index (κ2) is 10.3. The number of H-pyrrole nitrogens is 1. The monoisotopic (exact) mass is 407 g/mol. The third-order valence-electron chi connectivity index (χ3n) is 6.18. The summed E-state index contributed by atoms with van der Waals surface area (Å²) in [5.41, 5.74) is 5.93. The van der Waals surface area contributed by atoms with Crippen LogP contribution in [0.15, 0.2) is 54.2 Å². The molecule has 0 spiro atoms. The van der Waals surface area contributed by atoms with Crippen LogP contribution in [0.1, 0.15) is 65.1 Å². The van der Waals surface area contributed by atoms with Crippen molar-refractivity contribution in [3.05, 3.63) is 65.5 Å². The maximum Gasteiger partial charge on any atom is 0.0385 e. The van der Waals surface area contributed by atoms with Crippen LogP contribution in [0.2, 0.25) is 0 Å². The molecule has 1 fully saturated rings. The molecular formula is C27H41N3. The van der Waals surface area contributed by atoms with Gasteiger partial charge in [-0.15, -0.1) is 0 Å². The molecule has 30 heavy (non-hydrogen) atoms. The van der Waals surface area contributed by atoms with Gasteiger partial charge in [-0.1, -0.05) is 44.6 Å². The maximum atomic E-state index is 3.34. The molecule has 0 saturated carbocycles. The molecule has 1 aliphatic rings. The second-order valence-electron chi connectivity index (χ2n) is 10.4. The van der Waals surface area contributed by atoms with E-state index in [4.69, 9.17) is 0 Å². The number of nitrogens with one attached hydrogen (secondary N) is 1. The van der Waals surface area contributed by atoms with Gasteiger partial charge in [-0.05, 0) is 74.8 Å². The van der Waals surface area contributed by atoms with E-state index in [1.165, 1.54) is 54.9 Å². The number of hydrogen-bond acceptors (Lipinski definition) is 2. The number of aryl methyl sites for hydroxylation is 1. The van der Waals surface area contributed by atoms with Crippen LogP contribution in [-0.4, -0.2) is 35.6 Å². The first-order valence-electron chi connectivity index (χ1n) is 11.6. The first kappa shape index (κ1) is 22.7. The molecule has 1 aliphatic heterocycles. The minimum absolute atomic E-state index is 0.391. The molecule has 0 atom stereocenters. The van der Waals surface area contributed by atoms with E-state index in [0.717, 1.165) is 19.5 Å². The smallest absolute Gasteiger partial charge is 0.0385 e. The molecule has 3 nitrogen and oxygen atoms in total. The van der Waals surface area contributed by atoms with Crippen molar-refractivity contribution in [2.75, 3.05) is 24.5 Å². The van der Waals surface area contributed by atoms with Gasteiger partial charge in [0, 0.05) is 49.8 Å². The lowest BCUT2D eigenvalue weighted by Crippen LogP contribution is -2.45. The van der Waals surface area contributed by atoms with Gasteiger partial charge in [0.25, 0.3) is 0 Å². The van der Waals surface area contributed by atoms with Gasteiger partial charge in [-0.25, -0.2) is 0 Å². The normalized spacial score (nSPS) is 15.9. The fraction of sp³-hybridized carbons (Fsp3) is 0.556. The highest BCUT2D eigenvalue weighted by atomic mass is 15.2. The third kappa shape index (κ3) is 7.05. The summed E-state index contributed by atoms with van der Waals surface area (Å²) >= 11 is 0. The number of allylic oxidation sites excluding steroid dienone is 1. The molecule has 2 aromatic rings. The predicted molar refractivity (Wildman–Crippen MR) is 130 cm³/mol. The van der Waals surface area contributed by atoms with Crippen molar-refractivity contribution >= 4 is 5.69 Å². The number of likely N-dealkylation sites (tertiary alicyclic amines) is 1. The first-order valence-corrected chi connectivity index (χ1v) is 11.6. The van der Waals surface area contributed by atoms with Crippen LogP contribution in [-0.2, 0) is 13.0 Å². The molecule has 0 radical (unpaired) electrons. The van der Waals surface area contributed by atoms with Crippen LogP contribution in [0, 0.1) is 5.41 Å². The lowest BCUT2D eigenvalue weighted by atomic mass is 9.88. The summed E-state index contributed by atoms with van der Waals surface area (Å²) in [6.45, 7) is 15.7. The first-order chi connectivity index (χ1) is 14.3. The molecule has 0 aliphatic carbocycles. The molecule has 1 saturated heterocycles. The molecule has 164 valence electrons. The van der Waals surface area contributed by atoms with Crippen LogP contribution in [0.25, 0.3) is 0 Å². The Morgan fingerprint density at radius 3 is 2.37 bits per heavy atom. The summed E-state index contributed by atoms with van der Waals surface area (Å²) in [5, 5.41) is 0. The third-order valence-corrected chi connectivity index (χ3v) is 6.18. The van der Waals surface area contributed by atoms with Gasteiger partial charge < -0.3 is 9.88 Å². The topological polar surface area (TPSA) is 22.3 Å². The highest BCUT2D eigenvalue weighted by Gasteiger charge is 2.24. The van der Waals surface area contributed by atoms with Gasteiger partial charge in [0.2, 0.25) is 0 Å². The number of aromatic nitrogens is 1. The van der Waals surface area contributed by atoms with E-state index in [2.05, 4.69) is 91.9 Å². The van der Waals surface area contributed by atoms with Crippen molar-refractivity contribution in [2.45, 2.75) is 72.9 Å². The number of piperidine rings is 1. The average Bonchev–Trinajstić information content (AvgIpc) is 3.21. The number of hydrogen-bond donors (Lipinski definition) is 1. The molecule has 0 unspecified atom stereocenters. The van der Waals surface area contributed by atoms with Gasteiger partial charge in [-0.2, -0.15) is 0 Å². The number of anilines is 1. The van der Waals surface area contributed by atoms with Crippen LogP contribution >= 0.6 is 0 Å². The van der Waals surface area contributed by atoms with Gasteiger partial charge >= 0.3 is 0 Å². The fourth-order valence-electron chi connectivity index (χ4n) is 4.22. The minimum Gasteiger partial charge on any atom is -0.365 e. The number of aromatic amines is 1. The summed E-state index contributed by atoms with van der Waals surface area (Å²) in [4.78, 5) is 8.55. The van der Waals surface area contributed by atoms with E-state index in [-0.39, 0.29) is 0 Å². The zero-order valence-corrected chi connectivity index (χ0v) is 19.7. The second-order valence-corrected chi connectivity index (χ2v) is 10.4. The maximum absolute atomic E-state index is 3.34. The number of nitrogens with zero attached hydrogens (tertiary/aromatic N) is 2. The Kier molecular flexibility index (Phi) is 7.82. The summed E-state index contributed by atoms with van der Waals surface area (Å²) in [6.07, 6.45) is 9.24. The lowest BCUT2D eigenvalue weighted by molar-refractivity contribution is 0.200. The van der Waals surface area contributed by atoms with Gasteiger partial charge in [0.15, 0.2) is 0 Å². The van der Waals surface area contributed by atoms with Crippen molar-refractivity contribution in [1.82, 2.24) is 9.88 Å². The van der Waals surface area contributed by atoms with Crippen molar-refractivity contribution < 1.29 is 0 Å². The molecule has 1 aromatic heterocycles.